The molecule has 0 radical (unpaired) electrons. The molecule has 1 atom stereocenters. The third kappa shape index (κ3) is 3.40. The zero-order valence-corrected chi connectivity index (χ0v) is 13.4. The van der Waals surface area contributed by atoms with Crippen molar-refractivity contribution in [3.05, 3.63) is 46.8 Å². The van der Waals surface area contributed by atoms with Gasteiger partial charge >= 0.3 is 11.9 Å². The Bertz CT molecular complexity index is 729. The summed E-state index contributed by atoms with van der Waals surface area (Å²) in [7, 11) is 0. The van der Waals surface area contributed by atoms with Crippen LogP contribution in [0, 0.1) is 13.8 Å². The van der Waals surface area contributed by atoms with Gasteiger partial charge in [-0.3, -0.25) is 0 Å². The number of rotatable bonds is 5. The van der Waals surface area contributed by atoms with E-state index in [1.54, 1.807) is 24.3 Å². The summed E-state index contributed by atoms with van der Waals surface area (Å²) in [6.45, 7) is 4.29. The molecule has 2 aromatic rings. The molecular formula is C17H17NO6. The molecule has 0 saturated carbocycles. The smallest absolute Gasteiger partial charge is 0.347 e. The number of benzene rings is 1. The van der Waals surface area contributed by atoms with Crippen LogP contribution >= 0.6 is 0 Å². The Kier molecular flexibility index (Phi) is 4.50. The topological polar surface area (TPSA) is 87.9 Å². The van der Waals surface area contributed by atoms with Crippen LogP contribution in [-0.4, -0.2) is 29.8 Å². The maximum absolute atomic E-state index is 12.0. The van der Waals surface area contributed by atoms with Gasteiger partial charge in [-0.2, -0.15) is 0 Å². The standard InChI is InChI=1S/C17H17NO6/c1-10-14(11(2)24-18-10)9-22-13-5-3-12(4-6-13)16(19)23-15-7-8-21-17(15)20/h3-6,15H,7-9H2,1-2H3. The lowest BCUT2D eigenvalue weighted by Crippen LogP contribution is -2.22. The van der Waals surface area contributed by atoms with Crippen molar-refractivity contribution in [1.29, 1.82) is 0 Å². The minimum atomic E-state index is -0.812. The van der Waals surface area contributed by atoms with Crippen LogP contribution in [0.1, 0.15) is 33.8 Å². The lowest BCUT2D eigenvalue weighted by molar-refractivity contribution is -0.145. The summed E-state index contributed by atoms with van der Waals surface area (Å²) in [4.78, 5) is 23.3. The Labute approximate surface area is 138 Å². The first-order valence-electron chi connectivity index (χ1n) is 7.57. The summed E-state index contributed by atoms with van der Waals surface area (Å²) in [6, 6.07) is 6.51. The van der Waals surface area contributed by atoms with E-state index in [4.69, 9.17) is 18.7 Å². The largest absolute Gasteiger partial charge is 0.489 e. The van der Waals surface area contributed by atoms with Crippen LogP contribution in [0.4, 0.5) is 0 Å². The van der Waals surface area contributed by atoms with Crippen molar-refractivity contribution in [3.8, 4) is 5.75 Å². The molecule has 2 heterocycles. The van der Waals surface area contributed by atoms with Crippen LogP contribution in [0.2, 0.25) is 0 Å². The van der Waals surface area contributed by atoms with Gasteiger partial charge in [0, 0.05) is 6.42 Å². The van der Waals surface area contributed by atoms with Crippen LogP contribution in [0.15, 0.2) is 28.8 Å². The summed E-state index contributed by atoms with van der Waals surface area (Å²) in [5, 5.41) is 3.87. The normalized spacial score (nSPS) is 16.8. The van der Waals surface area contributed by atoms with Gasteiger partial charge in [-0.05, 0) is 38.1 Å². The summed E-state index contributed by atoms with van der Waals surface area (Å²) >= 11 is 0. The van der Waals surface area contributed by atoms with E-state index in [1.807, 2.05) is 13.8 Å². The summed E-state index contributed by atoms with van der Waals surface area (Å²) in [5.74, 6) is 0.266. The van der Waals surface area contributed by atoms with Gasteiger partial charge in [0.2, 0.25) is 6.10 Å². The van der Waals surface area contributed by atoms with Gasteiger partial charge in [0.05, 0.1) is 23.4 Å². The highest BCUT2D eigenvalue weighted by molar-refractivity contribution is 5.91. The Morgan fingerprint density at radius 1 is 1.29 bits per heavy atom. The second kappa shape index (κ2) is 6.74. The molecule has 0 aliphatic carbocycles. The van der Waals surface area contributed by atoms with Crippen molar-refractivity contribution in [2.75, 3.05) is 6.61 Å². The highest BCUT2D eigenvalue weighted by atomic mass is 16.6. The minimum Gasteiger partial charge on any atom is -0.489 e. The van der Waals surface area contributed by atoms with E-state index in [2.05, 4.69) is 5.16 Å². The quantitative estimate of drug-likeness (QED) is 0.777. The number of ether oxygens (including phenoxy) is 3. The number of hydrogen-bond donors (Lipinski definition) is 0. The summed E-state index contributed by atoms with van der Waals surface area (Å²) < 4.78 is 20.6. The fourth-order valence-electron chi connectivity index (χ4n) is 2.33. The number of cyclic esters (lactones) is 1. The minimum absolute atomic E-state index is 0.283. The molecular weight excluding hydrogens is 314 g/mol. The van der Waals surface area contributed by atoms with Gasteiger partial charge in [0.25, 0.3) is 0 Å². The number of carbonyl (C=O) groups excluding carboxylic acids is 2. The SMILES string of the molecule is Cc1noc(C)c1COc1ccc(C(=O)OC2CCOC2=O)cc1. The zero-order valence-electron chi connectivity index (χ0n) is 13.4. The molecule has 1 aliphatic heterocycles. The maximum atomic E-state index is 12.0. The van der Waals surface area contributed by atoms with E-state index in [1.165, 1.54) is 0 Å². The lowest BCUT2D eigenvalue weighted by atomic mass is 10.2. The van der Waals surface area contributed by atoms with Crippen molar-refractivity contribution in [2.45, 2.75) is 33.0 Å². The van der Waals surface area contributed by atoms with E-state index < -0.39 is 18.0 Å². The van der Waals surface area contributed by atoms with E-state index in [0.29, 0.717) is 24.3 Å². The van der Waals surface area contributed by atoms with Crippen LogP contribution in [0.5, 0.6) is 5.75 Å². The van der Waals surface area contributed by atoms with E-state index in [0.717, 1.165) is 17.0 Å². The molecule has 1 unspecified atom stereocenters. The van der Waals surface area contributed by atoms with E-state index in [-0.39, 0.29) is 6.61 Å². The molecule has 1 saturated heterocycles. The molecule has 0 amide bonds. The van der Waals surface area contributed by atoms with Gasteiger partial charge in [0.1, 0.15) is 18.1 Å². The second-order valence-electron chi connectivity index (χ2n) is 5.47. The Hall–Kier alpha value is -2.83. The van der Waals surface area contributed by atoms with Crippen molar-refractivity contribution < 1.29 is 28.3 Å². The first kappa shape index (κ1) is 16.0. The Morgan fingerprint density at radius 2 is 2.04 bits per heavy atom. The molecule has 126 valence electrons. The third-order valence-electron chi connectivity index (χ3n) is 3.79. The monoisotopic (exact) mass is 331 g/mol. The second-order valence-corrected chi connectivity index (χ2v) is 5.47. The van der Waals surface area contributed by atoms with Crippen LogP contribution < -0.4 is 4.74 Å². The number of carbonyl (C=O) groups is 2. The van der Waals surface area contributed by atoms with Crippen molar-refractivity contribution in [3.63, 3.8) is 0 Å². The molecule has 1 aromatic carbocycles. The van der Waals surface area contributed by atoms with Crippen molar-refractivity contribution in [1.82, 2.24) is 5.16 Å². The average molecular weight is 331 g/mol. The van der Waals surface area contributed by atoms with Gasteiger partial charge in [-0.1, -0.05) is 5.16 Å². The molecule has 0 spiro atoms. The molecule has 0 bridgehead atoms. The van der Waals surface area contributed by atoms with Crippen molar-refractivity contribution in [2.24, 2.45) is 0 Å². The van der Waals surface area contributed by atoms with Crippen LogP contribution in [-0.2, 0) is 20.9 Å². The highest BCUT2D eigenvalue weighted by Crippen LogP contribution is 2.19. The Balaban J connectivity index is 1.58. The third-order valence-corrected chi connectivity index (χ3v) is 3.79. The molecule has 1 aliphatic rings. The molecule has 7 heteroatoms. The molecule has 3 rings (SSSR count). The molecule has 1 aromatic heterocycles. The predicted molar refractivity (Wildman–Crippen MR) is 81.5 cm³/mol. The van der Waals surface area contributed by atoms with E-state index >= 15 is 0 Å². The van der Waals surface area contributed by atoms with Crippen LogP contribution in [0.25, 0.3) is 0 Å². The highest BCUT2D eigenvalue weighted by Gasteiger charge is 2.30. The van der Waals surface area contributed by atoms with Gasteiger partial charge in [-0.25, -0.2) is 9.59 Å². The average Bonchev–Trinajstić information content (AvgIpc) is 3.12. The fraction of sp³-hybridized carbons (Fsp3) is 0.353. The first-order chi connectivity index (χ1) is 11.5. The van der Waals surface area contributed by atoms with Crippen LogP contribution in [0.3, 0.4) is 0 Å². The molecule has 1 fully saturated rings. The zero-order chi connectivity index (χ0) is 17.1. The number of hydrogen-bond acceptors (Lipinski definition) is 7. The molecule has 0 N–H and O–H groups in total. The first-order valence-corrected chi connectivity index (χ1v) is 7.57. The number of aryl methyl sites for hydroxylation is 2. The fourth-order valence-corrected chi connectivity index (χ4v) is 2.33. The number of aromatic nitrogens is 1. The van der Waals surface area contributed by atoms with Crippen molar-refractivity contribution >= 4 is 11.9 Å². The Morgan fingerprint density at radius 3 is 2.62 bits per heavy atom. The van der Waals surface area contributed by atoms with Gasteiger partial charge < -0.3 is 18.7 Å². The number of nitrogens with zero attached hydrogens (tertiary/aromatic N) is 1. The molecule has 24 heavy (non-hydrogen) atoms. The lowest BCUT2D eigenvalue weighted by Gasteiger charge is -2.09. The van der Waals surface area contributed by atoms with E-state index in [9.17, 15) is 9.59 Å². The summed E-state index contributed by atoms with van der Waals surface area (Å²) in [6.07, 6.45) is -0.420. The maximum Gasteiger partial charge on any atom is 0.347 e. The van der Waals surface area contributed by atoms with Gasteiger partial charge in [-0.15, -0.1) is 0 Å². The predicted octanol–water partition coefficient (Wildman–Crippen LogP) is 2.34. The molecule has 7 nitrogen and oxygen atoms in total. The van der Waals surface area contributed by atoms with Gasteiger partial charge in [0.15, 0.2) is 0 Å². The summed E-state index contributed by atoms with van der Waals surface area (Å²) in [5.41, 5.74) is 2.04. The number of esters is 2.